The minimum absolute atomic E-state index is 0.0186. The van der Waals surface area contributed by atoms with Crippen molar-refractivity contribution in [2.24, 2.45) is 0 Å². The summed E-state index contributed by atoms with van der Waals surface area (Å²) in [5, 5.41) is 14.3. The number of sulfonamides is 1. The lowest BCUT2D eigenvalue weighted by atomic mass is 9.78. The summed E-state index contributed by atoms with van der Waals surface area (Å²) in [5.74, 6) is -0.0751. The summed E-state index contributed by atoms with van der Waals surface area (Å²) in [6, 6.07) is 14.7. The summed E-state index contributed by atoms with van der Waals surface area (Å²) in [6.45, 7) is 12.1. The van der Waals surface area contributed by atoms with Gasteiger partial charge in [0.15, 0.2) is 0 Å². The Labute approximate surface area is 223 Å². The molecule has 8 heteroatoms. The summed E-state index contributed by atoms with van der Waals surface area (Å²) in [5.41, 5.74) is 3.33. The monoisotopic (exact) mass is 538 g/mol. The van der Waals surface area contributed by atoms with Crippen LogP contribution in [-0.4, -0.2) is 19.4 Å². The Morgan fingerprint density at radius 2 is 1.54 bits per heavy atom. The molecule has 0 unspecified atom stereocenters. The number of aromatic hydroxyl groups is 1. The van der Waals surface area contributed by atoms with Crippen LogP contribution in [0.3, 0.4) is 0 Å². The van der Waals surface area contributed by atoms with Gasteiger partial charge < -0.3 is 10.4 Å². The third-order valence-corrected chi connectivity index (χ3v) is 7.83. The molecule has 0 radical (unpaired) electrons. The molecule has 0 saturated carbocycles. The Kier molecular flexibility index (Phi) is 6.67. The number of carbonyl (C=O) groups is 1. The topological polar surface area (TPSA) is 95.5 Å². The van der Waals surface area contributed by atoms with Crippen molar-refractivity contribution in [1.82, 2.24) is 0 Å². The van der Waals surface area contributed by atoms with Crippen LogP contribution in [-0.2, 0) is 25.6 Å². The number of halogens is 1. The third kappa shape index (κ3) is 5.53. The van der Waals surface area contributed by atoms with Gasteiger partial charge in [-0.05, 0) is 71.0 Å². The molecule has 194 valence electrons. The number of fused-ring (bicyclic) bond motifs is 1. The van der Waals surface area contributed by atoms with E-state index in [2.05, 4.69) is 10.0 Å². The number of anilines is 2. The van der Waals surface area contributed by atoms with E-state index in [0.717, 1.165) is 16.7 Å². The molecular weight excluding hydrogens is 508 g/mol. The lowest BCUT2D eigenvalue weighted by molar-refractivity contribution is -0.110. The van der Waals surface area contributed by atoms with Crippen LogP contribution >= 0.6 is 11.6 Å². The Balaban J connectivity index is 1.81. The maximum absolute atomic E-state index is 13.1. The Hall–Kier alpha value is -3.29. The average Bonchev–Trinajstić information content (AvgIpc) is 3.07. The van der Waals surface area contributed by atoms with E-state index in [-0.39, 0.29) is 27.4 Å². The number of hydrogen-bond donors (Lipinski definition) is 3. The maximum atomic E-state index is 13.1. The second kappa shape index (κ2) is 9.23. The lowest BCUT2D eigenvalue weighted by Gasteiger charge is -2.28. The van der Waals surface area contributed by atoms with E-state index in [1.165, 1.54) is 18.2 Å². The Morgan fingerprint density at radius 3 is 2.11 bits per heavy atom. The number of nitrogens with one attached hydrogen (secondary N) is 2. The molecule has 0 fully saturated rings. The summed E-state index contributed by atoms with van der Waals surface area (Å²) in [7, 11) is -3.93. The van der Waals surface area contributed by atoms with E-state index < -0.39 is 10.0 Å². The molecule has 3 aromatic carbocycles. The van der Waals surface area contributed by atoms with Gasteiger partial charge in [0.25, 0.3) is 15.9 Å². The number of phenols is 1. The van der Waals surface area contributed by atoms with Crippen LogP contribution < -0.4 is 10.0 Å². The predicted octanol–water partition coefficient (Wildman–Crippen LogP) is 6.93. The second-order valence-corrected chi connectivity index (χ2v) is 13.4. The molecule has 3 N–H and O–H groups in total. The first-order chi connectivity index (χ1) is 17.1. The molecule has 6 nitrogen and oxygen atoms in total. The molecular formula is C29H31ClN2O4S. The van der Waals surface area contributed by atoms with Crippen molar-refractivity contribution < 1.29 is 18.3 Å². The average molecular weight is 539 g/mol. The zero-order chi connectivity index (χ0) is 27.3. The van der Waals surface area contributed by atoms with E-state index in [9.17, 15) is 18.3 Å². The minimum Gasteiger partial charge on any atom is -0.507 e. The van der Waals surface area contributed by atoms with Gasteiger partial charge in [-0.1, -0.05) is 59.2 Å². The van der Waals surface area contributed by atoms with Crippen molar-refractivity contribution in [3.8, 4) is 5.75 Å². The van der Waals surface area contributed by atoms with Gasteiger partial charge >= 0.3 is 0 Å². The minimum atomic E-state index is -3.93. The van der Waals surface area contributed by atoms with Crippen LogP contribution in [0.4, 0.5) is 11.4 Å². The Bertz CT molecular complexity index is 1510. The van der Waals surface area contributed by atoms with Crippen LogP contribution in [0.1, 0.15) is 63.8 Å². The summed E-state index contributed by atoms with van der Waals surface area (Å²) < 4.78 is 28.7. The molecule has 0 saturated heterocycles. The predicted molar refractivity (Wildman–Crippen MR) is 151 cm³/mol. The van der Waals surface area contributed by atoms with Gasteiger partial charge in [-0.15, -0.1) is 0 Å². The maximum Gasteiger partial charge on any atom is 0.261 e. The number of hydrogen-bond acceptors (Lipinski definition) is 4. The fourth-order valence-electron chi connectivity index (χ4n) is 4.29. The van der Waals surface area contributed by atoms with Gasteiger partial charge in [0.05, 0.1) is 10.6 Å². The lowest BCUT2D eigenvalue weighted by Crippen LogP contribution is -2.17. The van der Waals surface area contributed by atoms with Gasteiger partial charge in [-0.3, -0.25) is 9.52 Å². The molecule has 1 aliphatic heterocycles. The molecule has 0 aliphatic carbocycles. The molecule has 0 bridgehead atoms. The number of benzene rings is 3. The standard InChI is InChI=1S/C29H31ClN2O4S/c1-28(2,3)23-13-17(14-24(26(23)33)29(4,5)6)12-22-21-16-20(10-11-25(21)31-27(22)34)37(35,36)32-19-9-7-8-18(30)15-19/h7-16,32-33H,1-6H3,(H,31,34)/b22-12-. The van der Waals surface area contributed by atoms with Crippen molar-refractivity contribution in [3.05, 3.63) is 81.9 Å². The normalized spacial score (nSPS) is 15.0. The Morgan fingerprint density at radius 1 is 0.919 bits per heavy atom. The first kappa shape index (κ1) is 26.8. The van der Waals surface area contributed by atoms with Crippen molar-refractivity contribution in [2.75, 3.05) is 10.0 Å². The molecule has 37 heavy (non-hydrogen) atoms. The quantitative estimate of drug-likeness (QED) is 0.314. The van der Waals surface area contributed by atoms with E-state index in [4.69, 9.17) is 11.6 Å². The fourth-order valence-corrected chi connectivity index (χ4v) is 5.56. The highest BCUT2D eigenvalue weighted by Gasteiger charge is 2.29. The van der Waals surface area contributed by atoms with Crippen molar-refractivity contribution in [3.63, 3.8) is 0 Å². The van der Waals surface area contributed by atoms with Crippen molar-refractivity contribution in [1.29, 1.82) is 0 Å². The largest absolute Gasteiger partial charge is 0.507 e. The van der Waals surface area contributed by atoms with Crippen LogP contribution in [0.5, 0.6) is 5.75 Å². The molecule has 3 aromatic rings. The summed E-state index contributed by atoms with van der Waals surface area (Å²) in [4.78, 5) is 13.0. The van der Waals surface area contributed by atoms with E-state index in [1.807, 2.05) is 53.7 Å². The zero-order valence-electron chi connectivity index (χ0n) is 21.7. The first-order valence-corrected chi connectivity index (χ1v) is 13.8. The van der Waals surface area contributed by atoms with E-state index >= 15 is 0 Å². The highest BCUT2D eigenvalue weighted by Crippen LogP contribution is 2.41. The fraction of sp³-hybridized carbons (Fsp3) is 0.276. The molecule has 1 aliphatic rings. The molecule has 0 spiro atoms. The van der Waals surface area contributed by atoms with Crippen molar-refractivity contribution >= 4 is 50.6 Å². The van der Waals surface area contributed by atoms with Gasteiger partial charge in [0, 0.05) is 33.0 Å². The molecule has 1 amide bonds. The van der Waals surface area contributed by atoms with Gasteiger partial charge in [0.1, 0.15) is 5.75 Å². The van der Waals surface area contributed by atoms with Crippen molar-refractivity contribution in [2.45, 2.75) is 57.3 Å². The number of phenolic OH excluding ortho intramolecular Hbond substituents is 1. The van der Waals surface area contributed by atoms with Crippen LogP contribution in [0.15, 0.2) is 59.5 Å². The zero-order valence-corrected chi connectivity index (χ0v) is 23.3. The van der Waals surface area contributed by atoms with E-state index in [0.29, 0.717) is 27.5 Å². The van der Waals surface area contributed by atoms with Crippen LogP contribution in [0.2, 0.25) is 5.02 Å². The highest BCUT2D eigenvalue weighted by atomic mass is 35.5. The van der Waals surface area contributed by atoms with Crippen LogP contribution in [0, 0.1) is 0 Å². The van der Waals surface area contributed by atoms with Gasteiger partial charge in [-0.25, -0.2) is 8.42 Å². The first-order valence-electron chi connectivity index (χ1n) is 11.9. The SMILES string of the molecule is CC(C)(C)c1cc(/C=C2\C(=O)Nc3ccc(S(=O)(=O)Nc4cccc(Cl)c4)cc32)cc(C(C)(C)C)c1O. The molecule has 0 aromatic heterocycles. The van der Waals surface area contributed by atoms with E-state index in [1.54, 1.807) is 30.3 Å². The smallest absolute Gasteiger partial charge is 0.261 e. The third-order valence-electron chi connectivity index (χ3n) is 6.22. The number of rotatable bonds is 4. The highest BCUT2D eigenvalue weighted by molar-refractivity contribution is 7.92. The second-order valence-electron chi connectivity index (χ2n) is 11.3. The van der Waals surface area contributed by atoms with Gasteiger partial charge in [-0.2, -0.15) is 0 Å². The number of amides is 1. The van der Waals surface area contributed by atoms with Gasteiger partial charge in [0.2, 0.25) is 0 Å². The molecule has 4 rings (SSSR count). The molecule has 1 heterocycles. The number of carbonyl (C=O) groups excluding carboxylic acids is 1. The van der Waals surface area contributed by atoms with Crippen LogP contribution in [0.25, 0.3) is 11.6 Å². The molecule has 0 atom stereocenters. The summed E-state index contributed by atoms with van der Waals surface area (Å²) >= 11 is 5.99. The summed E-state index contributed by atoms with van der Waals surface area (Å²) in [6.07, 6.45) is 1.74.